The van der Waals surface area contributed by atoms with Crippen LogP contribution in [-0.2, 0) is 4.79 Å². The fourth-order valence-electron chi connectivity index (χ4n) is 2.49. The molecular weight excluding hydrogens is 230 g/mol. The van der Waals surface area contributed by atoms with Gasteiger partial charge in [-0.2, -0.15) is 0 Å². The number of carbonyl (C=O) groups is 1. The zero-order valence-corrected chi connectivity index (χ0v) is 11.7. The molecule has 1 rings (SSSR count). The van der Waals surface area contributed by atoms with E-state index < -0.39 is 0 Å². The SMILES string of the molecule is CNCCCC(=O)N(CCO)C1CCN(C)CC1. The molecule has 1 heterocycles. The molecule has 0 aliphatic carbocycles. The molecule has 1 saturated heterocycles. The number of aliphatic hydroxyl groups excluding tert-OH is 1. The van der Waals surface area contributed by atoms with Crippen LogP contribution < -0.4 is 5.32 Å². The van der Waals surface area contributed by atoms with Crippen LogP contribution in [0.1, 0.15) is 25.7 Å². The number of likely N-dealkylation sites (tertiary alicyclic amines) is 1. The van der Waals surface area contributed by atoms with Crippen molar-refractivity contribution in [3.63, 3.8) is 0 Å². The van der Waals surface area contributed by atoms with Crippen LogP contribution in [-0.4, -0.2) is 73.7 Å². The molecule has 0 bridgehead atoms. The van der Waals surface area contributed by atoms with Crippen molar-refractivity contribution in [3.05, 3.63) is 0 Å². The highest BCUT2D eigenvalue weighted by Gasteiger charge is 2.25. The minimum Gasteiger partial charge on any atom is -0.395 e. The van der Waals surface area contributed by atoms with Crippen LogP contribution >= 0.6 is 0 Å². The van der Waals surface area contributed by atoms with Crippen molar-refractivity contribution in [3.8, 4) is 0 Å². The summed E-state index contributed by atoms with van der Waals surface area (Å²) in [7, 11) is 4.01. The van der Waals surface area contributed by atoms with Gasteiger partial charge in [-0.3, -0.25) is 4.79 Å². The maximum Gasteiger partial charge on any atom is 0.222 e. The molecule has 5 heteroatoms. The Balaban J connectivity index is 2.44. The number of hydrogen-bond donors (Lipinski definition) is 2. The first-order chi connectivity index (χ1) is 8.69. The summed E-state index contributed by atoms with van der Waals surface area (Å²) in [6.07, 6.45) is 3.49. The van der Waals surface area contributed by atoms with Gasteiger partial charge in [-0.1, -0.05) is 0 Å². The summed E-state index contributed by atoms with van der Waals surface area (Å²) >= 11 is 0. The summed E-state index contributed by atoms with van der Waals surface area (Å²) in [4.78, 5) is 16.3. The third-order valence-electron chi connectivity index (χ3n) is 3.61. The molecule has 18 heavy (non-hydrogen) atoms. The first-order valence-corrected chi connectivity index (χ1v) is 6.92. The van der Waals surface area contributed by atoms with Gasteiger partial charge in [0.1, 0.15) is 0 Å². The van der Waals surface area contributed by atoms with E-state index >= 15 is 0 Å². The number of nitrogens with zero attached hydrogens (tertiary/aromatic N) is 2. The number of nitrogens with one attached hydrogen (secondary N) is 1. The van der Waals surface area contributed by atoms with E-state index in [1.165, 1.54) is 0 Å². The maximum atomic E-state index is 12.2. The second kappa shape index (κ2) is 8.45. The van der Waals surface area contributed by atoms with E-state index in [0.29, 0.717) is 19.0 Å². The van der Waals surface area contributed by atoms with Crippen molar-refractivity contribution < 1.29 is 9.90 Å². The Labute approximate surface area is 110 Å². The molecule has 0 saturated carbocycles. The lowest BCUT2D eigenvalue weighted by atomic mass is 10.0. The average Bonchev–Trinajstić information content (AvgIpc) is 2.37. The zero-order chi connectivity index (χ0) is 13.4. The average molecular weight is 257 g/mol. The van der Waals surface area contributed by atoms with Gasteiger partial charge in [-0.05, 0) is 53.0 Å². The Kier molecular flexibility index (Phi) is 7.23. The fourth-order valence-corrected chi connectivity index (χ4v) is 2.49. The normalized spacial score (nSPS) is 17.9. The summed E-state index contributed by atoms with van der Waals surface area (Å²) in [5, 5.41) is 12.2. The molecule has 1 aliphatic heterocycles. The third-order valence-corrected chi connectivity index (χ3v) is 3.61. The Bertz CT molecular complexity index is 240. The van der Waals surface area contributed by atoms with E-state index in [0.717, 1.165) is 38.9 Å². The molecule has 1 aliphatic rings. The molecule has 0 aromatic carbocycles. The van der Waals surface area contributed by atoms with Gasteiger partial charge in [-0.15, -0.1) is 0 Å². The van der Waals surface area contributed by atoms with E-state index in [2.05, 4.69) is 17.3 Å². The van der Waals surface area contributed by atoms with Gasteiger partial charge in [0.15, 0.2) is 0 Å². The second-order valence-corrected chi connectivity index (χ2v) is 5.05. The summed E-state index contributed by atoms with van der Waals surface area (Å²) in [5.41, 5.74) is 0. The first kappa shape index (κ1) is 15.4. The highest BCUT2D eigenvalue weighted by molar-refractivity contribution is 5.76. The summed E-state index contributed by atoms with van der Waals surface area (Å²) in [5.74, 6) is 0.189. The highest BCUT2D eigenvalue weighted by atomic mass is 16.3. The number of aliphatic hydroxyl groups is 1. The van der Waals surface area contributed by atoms with Crippen LogP contribution in [0, 0.1) is 0 Å². The Morgan fingerprint density at radius 2 is 2.11 bits per heavy atom. The molecule has 0 radical (unpaired) electrons. The summed E-state index contributed by atoms with van der Waals surface area (Å²) in [6, 6.07) is 0.315. The predicted octanol–water partition coefficient (Wildman–Crippen LogP) is -0.0989. The number of hydrogen-bond acceptors (Lipinski definition) is 4. The van der Waals surface area contributed by atoms with Crippen LogP contribution in [0.4, 0.5) is 0 Å². The van der Waals surface area contributed by atoms with Gasteiger partial charge < -0.3 is 20.2 Å². The minimum absolute atomic E-state index is 0.0596. The minimum atomic E-state index is 0.0596. The Hall–Kier alpha value is -0.650. The standard InChI is InChI=1S/C13H27N3O2/c1-14-7-3-4-13(18)16(10-11-17)12-5-8-15(2)9-6-12/h12,14,17H,3-11H2,1-2H3. The Morgan fingerprint density at radius 3 is 2.67 bits per heavy atom. The molecule has 0 atom stereocenters. The van der Waals surface area contributed by atoms with Crippen LogP contribution in [0.15, 0.2) is 0 Å². The van der Waals surface area contributed by atoms with Crippen LogP contribution in [0.2, 0.25) is 0 Å². The van der Waals surface area contributed by atoms with Crippen molar-refractivity contribution in [2.45, 2.75) is 31.7 Å². The van der Waals surface area contributed by atoms with E-state index in [9.17, 15) is 4.79 Å². The summed E-state index contributed by atoms with van der Waals surface area (Å²) in [6.45, 7) is 3.48. The van der Waals surface area contributed by atoms with Gasteiger partial charge in [0.05, 0.1) is 6.61 Å². The number of rotatable bonds is 7. The molecule has 0 spiro atoms. The van der Waals surface area contributed by atoms with Crippen molar-refractivity contribution >= 4 is 5.91 Å². The lowest BCUT2D eigenvalue weighted by Gasteiger charge is -2.37. The van der Waals surface area contributed by atoms with Crippen molar-refractivity contribution in [2.24, 2.45) is 0 Å². The van der Waals surface area contributed by atoms with Gasteiger partial charge >= 0.3 is 0 Å². The monoisotopic (exact) mass is 257 g/mol. The fraction of sp³-hybridized carbons (Fsp3) is 0.923. The van der Waals surface area contributed by atoms with Crippen molar-refractivity contribution in [1.82, 2.24) is 15.1 Å². The van der Waals surface area contributed by atoms with Crippen LogP contribution in [0.25, 0.3) is 0 Å². The van der Waals surface area contributed by atoms with Gasteiger partial charge in [0, 0.05) is 19.0 Å². The predicted molar refractivity (Wildman–Crippen MR) is 72.5 cm³/mol. The smallest absolute Gasteiger partial charge is 0.222 e. The van der Waals surface area contributed by atoms with E-state index in [1.807, 2.05) is 11.9 Å². The lowest BCUT2D eigenvalue weighted by Crippen LogP contribution is -2.47. The van der Waals surface area contributed by atoms with Gasteiger partial charge in [0.25, 0.3) is 0 Å². The number of carbonyl (C=O) groups excluding carboxylic acids is 1. The second-order valence-electron chi connectivity index (χ2n) is 5.05. The van der Waals surface area contributed by atoms with E-state index in [1.54, 1.807) is 0 Å². The van der Waals surface area contributed by atoms with Crippen molar-refractivity contribution in [2.75, 3.05) is 46.9 Å². The molecular formula is C13H27N3O2. The van der Waals surface area contributed by atoms with Crippen LogP contribution in [0.3, 0.4) is 0 Å². The lowest BCUT2D eigenvalue weighted by molar-refractivity contribution is -0.135. The van der Waals surface area contributed by atoms with Crippen molar-refractivity contribution in [1.29, 1.82) is 0 Å². The molecule has 1 fully saturated rings. The molecule has 0 aromatic heterocycles. The third kappa shape index (κ3) is 4.92. The van der Waals surface area contributed by atoms with Crippen LogP contribution in [0.5, 0.6) is 0 Å². The number of piperidine rings is 1. The topological polar surface area (TPSA) is 55.8 Å². The zero-order valence-electron chi connectivity index (χ0n) is 11.7. The van der Waals surface area contributed by atoms with Gasteiger partial charge in [0.2, 0.25) is 5.91 Å². The maximum absolute atomic E-state index is 12.2. The molecule has 0 unspecified atom stereocenters. The van der Waals surface area contributed by atoms with E-state index in [-0.39, 0.29) is 12.5 Å². The number of amides is 1. The summed E-state index contributed by atoms with van der Waals surface area (Å²) < 4.78 is 0. The first-order valence-electron chi connectivity index (χ1n) is 6.92. The Morgan fingerprint density at radius 1 is 1.44 bits per heavy atom. The molecule has 0 aromatic rings. The molecule has 5 nitrogen and oxygen atoms in total. The quantitative estimate of drug-likeness (QED) is 0.626. The molecule has 106 valence electrons. The molecule has 2 N–H and O–H groups in total. The largest absolute Gasteiger partial charge is 0.395 e. The van der Waals surface area contributed by atoms with Gasteiger partial charge in [-0.25, -0.2) is 0 Å². The highest BCUT2D eigenvalue weighted by Crippen LogP contribution is 2.16. The van der Waals surface area contributed by atoms with E-state index in [4.69, 9.17) is 5.11 Å². The molecule has 1 amide bonds.